The molecule has 3 N–H and O–H groups in total. The van der Waals surface area contributed by atoms with Gasteiger partial charge in [0.15, 0.2) is 5.82 Å². The molecule has 1 saturated carbocycles. The number of nitrogens with zero attached hydrogens (tertiary/aromatic N) is 2. The maximum absolute atomic E-state index is 12.3. The van der Waals surface area contributed by atoms with Crippen molar-refractivity contribution in [1.82, 2.24) is 10.1 Å². The molecule has 0 radical (unpaired) electrons. The van der Waals surface area contributed by atoms with E-state index in [2.05, 4.69) is 14.9 Å². The Morgan fingerprint density at radius 2 is 1.92 bits per heavy atom. The quantitative estimate of drug-likeness (QED) is 0.757. The first-order valence-electron chi connectivity index (χ1n) is 8.65. The van der Waals surface area contributed by atoms with Crippen molar-refractivity contribution >= 4 is 15.7 Å². The molecule has 0 unspecified atom stereocenters. The third kappa shape index (κ3) is 4.53. The van der Waals surface area contributed by atoms with Crippen molar-refractivity contribution in [3.05, 3.63) is 36.0 Å². The van der Waals surface area contributed by atoms with Gasteiger partial charge in [-0.05, 0) is 51.0 Å². The zero-order valence-corrected chi connectivity index (χ0v) is 15.8. The smallest absolute Gasteiger partial charge is 0.243 e. The van der Waals surface area contributed by atoms with Crippen molar-refractivity contribution in [2.45, 2.75) is 56.9 Å². The predicted molar refractivity (Wildman–Crippen MR) is 97.1 cm³/mol. The first-order chi connectivity index (χ1) is 12.3. The summed E-state index contributed by atoms with van der Waals surface area (Å²) in [6.45, 7) is 3.85. The van der Waals surface area contributed by atoms with E-state index in [9.17, 15) is 8.42 Å². The average molecular weight is 380 g/mol. The number of aromatic nitrogens is 2. The number of benzene rings is 1. The molecule has 2 aromatic rings. The molecule has 1 aliphatic rings. The summed E-state index contributed by atoms with van der Waals surface area (Å²) in [5.41, 5.74) is 6.10. The number of anilines is 1. The zero-order chi connectivity index (χ0) is 18.8. The second-order valence-electron chi connectivity index (χ2n) is 6.93. The average Bonchev–Trinajstić information content (AvgIpc) is 3.18. The van der Waals surface area contributed by atoms with E-state index in [0.29, 0.717) is 17.3 Å². The highest BCUT2D eigenvalue weighted by molar-refractivity contribution is 7.91. The van der Waals surface area contributed by atoms with Crippen LogP contribution < -0.4 is 15.2 Å². The van der Waals surface area contributed by atoms with E-state index in [1.165, 1.54) is 0 Å². The SMILES string of the molecule is CC(C)Oc1ccc(NS(=O)(=O)Cc2nc(C3(N)CCCC3)no2)cc1. The summed E-state index contributed by atoms with van der Waals surface area (Å²) in [6, 6.07) is 6.70. The van der Waals surface area contributed by atoms with Gasteiger partial charge in [-0.1, -0.05) is 18.0 Å². The number of hydrogen-bond acceptors (Lipinski definition) is 7. The Bertz CT molecular complexity index is 840. The molecule has 0 aliphatic heterocycles. The van der Waals surface area contributed by atoms with Gasteiger partial charge in [0.2, 0.25) is 15.9 Å². The number of nitrogens with one attached hydrogen (secondary N) is 1. The Kier molecular flexibility index (Phi) is 5.19. The van der Waals surface area contributed by atoms with Crippen LogP contribution in [0.5, 0.6) is 5.75 Å². The topological polar surface area (TPSA) is 120 Å². The van der Waals surface area contributed by atoms with Gasteiger partial charge in [0.1, 0.15) is 11.5 Å². The first-order valence-corrected chi connectivity index (χ1v) is 10.3. The van der Waals surface area contributed by atoms with Crippen molar-refractivity contribution in [3.63, 3.8) is 0 Å². The summed E-state index contributed by atoms with van der Waals surface area (Å²) in [5, 5.41) is 3.88. The van der Waals surface area contributed by atoms with E-state index in [-0.39, 0.29) is 12.0 Å². The molecule has 1 aromatic heterocycles. The fourth-order valence-electron chi connectivity index (χ4n) is 3.00. The van der Waals surface area contributed by atoms with E-state index in [1.807, 2.05) is 13.8 Å². The predicted octanol–water partition coefficient (Wildman–Crippen LogP) is 2.53. The molecule has 1 heterocycles. The van der Waals surface area contributed by atoms with Crippen LogP contribution in [-0.4, -0.2) is 24.7 Å². The molecule has 142 valence electrons. The minimum absolute atomic E-state index is 0.0315. The molecule has 0 saturated heterocycles. The lowest BCUT2D eigenvalue weighted by molar-refractivity contribution is 0.242. The molecule has 26 heavy (non-hydrogen) atoms. The Labute approximate surface area is 153 Å². The summed E-state index contributed by atoms with van der Waals surface area (Å²) in [6.07, 6.45) is 3.63. The van der Waals surface area contributed by atoms with Crippen LogP contribution in [0.25, 0.3) is 0 Å². The number of rotatable bonds is 7. The maximum Gasteiger partial charge on any atom is 0.243 e. The maximum atomic E-state index is 12.3. The third-order valence-electron chi connectivity index (χ3n) is 4.22. The van der Waals surface area contributed by atoms with Gasteiger partial charge in [-0.25, -0.2) is 8.42 Å². The molecular weight excluding hydrogens is 356 g/mol. The van der Waals surface area contributed by atoms with Crippen LogP contribution >= 0.6 is 0 Å². The number of ether oxygens (including phenoxy) is 1. The first kappa shape index (κ1) is 18.7. The third-order valence-corrected chi connectivity index (χ3v) is 5.40. The zero-order valence-electron chi connectivity index (χ0n) is 14.9. The molecule has 3 rings (SSSR count). The summed E-state index contributed by atoms with van der Waals surface area (Å²) >= 11 is 0. The fraction of sp³-hybridized carbons (Fsp3) is 0.529. The van der Waals surface area contributed by atoms with Gasteiger partial charge >= 0.3 is 0 Å². The Balaban J connectivity index is 1.65. The Morgan fingerprint density at radius 1 is 1.27 bits per heavy atom. The minimum Gasteiger partial charge on any atom is -0.491 e. The van der Waals surface area contributed by atoms with Crippen LogP contribution in [0.4, 0.5) is 5.69 Å². The van der Waals surface area contributed by atoms with Gasteiger partial charge in [-0.3, -0.25) is 4.72 Å². The fourth-order valence-corrected chi connectivity index (χ4v) is 4.01. The second kappa shape index (κ2) is 7.24. The van der Waals surface area contributed by atoms with Gasteiger partial charge in [-0.15, -0.1) is 0 Å². The highest BCUT2D eigenvalue weighted by Gasteiger charge is 2.36. The minimum atomic E-state index is -3.68. The van der Waals surface area contributed by atoms with Gasteiger partial charge in [0.05, 0.1) is 11.6 Å². The van der Waals surface area contributed by atoms with Crippen molar-refractivity contribution in [2.24, 2.45) is 5.73 Å². The van der Waals surface area contributed by atoms with Crippen LogP contribution in [0.15, 0.2) is 28.8 Å². The Morgan fingerprint density at radius 3 is 2.54 bits per heavy atom. The number of hydrogen-bond donors (Lipinski definition) is 2. The van der Waals surface area contributed by atoms with Crippen LogP contribution in [0.1, 0.15) is 51.2 Å². The highest BCUT2D eigenvalue weighted by Crippen LogP contribution is 2.34. The van der Waals surface area contributed by atoms with Crippen LogP contribution in [0.2, 0.25) is 0 Å². The van der Waals surface area contributed by atoms with E-state index in [0.717, 1.165) is 25.7 Å². The summed E-state index contributed by atoms with van der Waals surface area (Å²) < 4.78 is 37.8. The standard InChI is InChI=1S/C17H24N4O4S/c1-12(2)24-14-7-5-13(6-8-14)21-26(22,23)11-15-19-16(20-25-15)17(18)9-3-4-10-17/h5-8,12,21H,3-4,9-11,18H2,1-2H3. The van der Waals surface area contributed by atoms with Crippen molar-refractivity contribution in [3.8, 4) is 5.75 Å². The molecule has 8 nitrogen and oxygen atoms in total. The van der Waals surface area contributed by atoms with E-state index in [1.54, 1.807) is 24.3 Å². The largest absolute Gasteiger partial charge is 0.491 e. The van der Waals surface area contributed by atoms with Gasteiger partial charge < -0.3 is 15.0 Å². The van der Waals surface area contributed by atoms with Crippen LogP contribution in [0, 0.1) is 0 Å². The summed E-state index contributed by atoms with van der Waals surface area (Å²) in [4.78, 5) is 4.20. The molecular formula is C17H24N4O4S. The molecule has 0 amide bonds. The highest BCUT2D eigenvalue weighted by atomic mass is 32.2. The van der Waals surface area contributed by atoms with E-state index < -0.39 is 21.3 Å². The number of sulfonamides is 1. The molecule has 0 atom stereocenters. The van der Waals surface area contributed by atoms with Crippen LogP contribution in [-0.2, 0) is 21.3 Å². The lowest BCUT2D eigenvalue weighted by Crippen LogP contribution is -2.34. The molecule has 1 fully saturated rings. The monoisotopic (exact) mass is 380 g/mol. The van der Waals surface area contributed by atoms with Crippen molar-refractivity contribution in [1.29, 1.82) is 0 Å². The second-order valence-corrected chi connectivity index (χ2v) is 8.65. The molecule has 0 spiro atoms. The lowest BCUT2D eigenvalue weighted by Gasteiger charge is -2.17. The number of nitrogens with two attached hydrogens (primary N) is 1. The van der Waals surface area contributed by atoms with Crippen LogP contribution in [0.3, 0.4) is 0 Å². The Hall–Kier alpha value is -2.13. The van der Waals surface area contributed by atoms with Gasteiger partial charge in [-0.2, -0.15) is 4.98 Å². The van der Waals surface area contributed by atoms with Gasteiger partial charge in [0, 0.05) is 5.69 Å². The molecule has 0 bridgehead atoms. The molecule has 1 aliphatic carbocycles. The van der Waals surface area contributed by atoms with E-state index >= 15 is 0 Å². The van der Waals surface area contributed by atoms with Gasteiger partial charge in [0.25, 0.3) is 0 Å². The summed E-state index contributed by atoms with van der Waals surface area (Å²) in [5.74, 6) is 0.689. The molecule has 1 aromatic carbocycles. The molecule has 9 heteroatoms. The van der Waals surface area contributed by atoms with E-state index in [4.69, 9.17) is 15.0 Å². The van der Waals surface area contributed by atoms with Crippen molar-refractivity contribution in [2.75, 3.05) is 4.72 Å². The van der Waals surface area contributed by atoms with Crippen molar-refractivity contribution < 1.29 is 17.7 Å². The summed E-state index contributed by atoms with van der Waals surface area (Å²) in [7, 11) is -3.68. The normalized spacial score (nSPS) is 16.8. The lowest BCUT2D eigenvalue weighted by atomic mass is 9.99.